The molecule has 0 aliphatic rings. The Morgan fingerprint density at radius 3 is 2.00 bits per heavy atom. The first kappa shape index (κ1) is 20.0. The highest BCUT2D eigenvalue weighted by Gasteiger charge is 2.40. The highest BCUT2D eigenvalue weighted by Crippen LogP contribution is 2.16. The number of allylic oxidation sites excluding steroid dienone is 2. The van der Waals surface area contributed by atoms with Crippen LogP contribution in [0.15, 0.2) is 12.2 Å². The second-order valence-electron chi connectivity index (χ2n) is 5.16. The van der Waals surface area contributed by atoms with E-state index in [0.29, 0.717) is 6.42 Å². The summed E-state index contributed by atoms with van der Waals surface area (Å²) in [7, 11) is 0. The molecule has 2 nitrogen and oxygen atoms in total. The molecule has 0 aliphatic heterocycles. The van der Waals surface area contributed by atoms with Crippen molar-refractivity contribution >= 4 is 5.97 Å². The summed E-state index contributed by atoms with van der Waals surface area (Å²) in [5.41, 5.74) is 0. The molecule has 0 amide bonds. The minimum atomic E-state index is -4.87. The third kappa shape index (κ3) is 13.7. The summed E-state index contributed by atoms with van der Waals surface area (Å²) in [6, 6.07) is 0. The molecular weight excluding hydrogens is 281 g/mol. The number of esters is 1. The Labute approximate surface area is 125 Å². The minimum absolute atomic E-state index is 0.140. The molecule has 0 saturated heterocycles. The van der Waals surface area contributed by atoms with Crippen LogP contribution in [0.5, 0.6) is 0 Å². The van der Waals surface area contributed by atoms with Crippen molar-refractivity contribution in [3.63, 3.8) is 0 Å². The maximum absolute atomic E-state index is 11.8. The van der Waals surface area contributed by atoms with E-state index >= 15 is 0 Å². The standard InChI is InChI=1S/C16H27F3O2/c1-2-3-4-5-6-7-8-9-10-11-12-13-14-21-15(20)16(17,18)19/h5-6H,2-4,7-14H2,1H3/b6-5-. The lowest BCUT2D eigenvalue weighted by atomic mass is 10.1. The molecule has 0 heterocycles. The average Bonchev–Trinajstić information content (AvgIpc) is 2.42. The normalized spacial score (nSPS) is 12.0. The largest absolute Gasteiger partial charge is 0.490 e. The lowest BCUT2D eigenvalue weighted by molar-refractivity contribution is -0.199. The molecule has 0 aromatic heterocycles. The second kappa shape index (κ2) is 12.7. The first-order valence-electron chi connectivity index (χ1n) is 7.87. The Bertz CT molecular complexity index is 286. The lowest BCUT2D eigenvalue weighted by Gasteiger charge is -2.06. The van der Waals surface area contributed by atoms with Gasteiger partial charge in [0, 0.05) is 0 Å². The maximum atomic E-state index is 11.8. The van der Waals surface area contributed by atoms with Gasteiger partial charge in [-0.05, 0) is 25.7 Å². The summed E-state index contributed by atoms with van der Waals surface area (Å²) in [5.74, 6) is -2.09. The van der Waals surface area contributed by atoms with Crippen molar-refractivity contribution in [2.45, 2.75) is 77.3 Å². The van der Waals surface area contributed by atoms with E-state index in [1.807, 2.05) is 0 Å². The van der Waals surface area contributed by atoms with Gasteiger partial charge in [-0.2, -0.15) is 13.2 Å². The second-order valence-corrected chi connectivity index (χ2v) is 5.16. The van der Waals surface area contributed by atoms with Crippen LogP contribution in [-0.2, 0) is 9.53 Å². The Morgan fingerprint density at radius 2 is 1.43 bits per heavy atom. The summed E-state index contributed by atoms with van der Waals surface area (Å²) in [4.78, 5) is 10.4. The maximum Gasteiger partial charge on any atom is 0.490 e. The van der Waals surface area contributed by atoms with E-state index in [-0.39, 0.29) is 6.61 Å². The van der Waals surface area contributed by atoms with E-state index in [1.54, 1.807) is 0 Å². The zero-order chi connectivity index (χ0) is 16.0. The summed E-state index contributed by atoms with van der Waals surface area (Å²) in [6.45, 7) is 2.04. The van der Waals surface area contributed by atoms with Crippen LogP contribution in [0, 0.1) is 0 Å². The summed E-state index contributed by atoms with van der Waals surface area (Å²) >= 11 is 0. The zero-order valence-corrected chi connectivity index (χ0v) is 12.9. The molecule has 0 fully saturated rings. The van der Waals surface area contributed by atoms with Crippen LogP contribution < -0.4 is 0 Å². The number of hydrogen-bond acceptors (Lipinski definition) is 2. The molecule has 0 bridgehead atoms. The molecule has 0 N–H and O–H groups in total. The predicted molar refractivity (Wildman–Crippen MR) is 78.0 cm³/mol. The van der Waals surface area contributed by atoms with Crippen molar-refractivity contribution in [2.24, 2.45) is 0 Å². The number of ether oxygens (including phenoxy) is 1. The van der Waals surface area contributed by atoms with Crippen LogP contribution in [-0.4, -0.2) is 18.8 Å². The molecule has 5 heteroatoms. The van der Waals surface area contributed by atoms with Crippen LogP contribution in [0.25, 0.3) is 0 Å². The molecular formula is C16H27F3O2. The number of rotatable bonds is 12. The third-order valence-corrected chi connectivity index (χ3v) is 3.12. The van der Waals surface area contributed by atoms with Crippen molar-refractivity contribution in [1.29, 1.82) is 0 Å². The zero-order valence-electron chi connectivity index (χ0n) is 12.9. The van der Waals surface area contributed by atoms with Gasteiger partial charge in [0.1, 0.15) is 0 Å². The third-order valence-electron chi connectivity index (χ3n) is 3.12. The number of halogens is 3. The highest BCUT2D eigenvalue weighted by molar-refractivity contribution is 5.75. The van der Waals surface area contributed by atoms with E-state index in [1.165, 1.54) is 12.8 Å². The van der Waals surface area contributed by atoms with Gasteiger partial charge in [-0.15, -0.1) is 0 Å². The molecule has 0 saturated carbocycles. The quantitative estimate of drug-likeness (QED) is 0.268. The number of carbonyl (C=O) groups excluding carboxylic acids is 1. The monoisotopic (exact) mass is 308 g/mol. The fraction of sp³-hybridized carbons (Fsp3) is 0.812. The first-order valence-corrected chi connectivity index (χ1v) is 7.87. The number of alkyl halides is 3. The van der Waals surface area contributed by atoms with Crippen LogP contribution in [0.3, 0.4) is 0 Å². The fourth-order valence-electron chi connectivity index (χ4n) is 1.88. The predicted octanol–water partition coefficient (Wildman–Crippen LogP) is 5.57. The lowest BCUT2D eigenvalue weighted by Crippen LogP contribution is -2.25. The number of hydrogen-bond donors (Lipinski definition) is 0. The van der Waals surface area contributed by atoms with Crippen molar-refractivity contribution in [3.8, 4) is 0 Å². The molecule has 21 heavy (non-hydrogen) atoms. The molecule has 0 unspecified atom stereocenters. The van der Waals surface area contributed by atoms with Gasteiger partial charge in [0.25, 0.3) is 0 Å². The van der Waals surface area contributed by atoms with E-state index < -0.39 is 12.1 Å². The molecule has 0 rings (SSSR count). The van der Waals surface area contributed by atoms with E-state index in [4.69, 9.17) is 0 Å². The van der Waals surface area contributed by atoms with Gasteiger partial charge in [0.05, 0.1) is 6.61 Å². The molecule has 0 aromatic carbocycles. The van der Waals surface area contributed by atoms with Crippen molar-refractivity contribution in [3.05, 3.63) is 12.2 Å². The minimum Gasteiger partial charge on any atom is -0.459 e. The van der Waals surface area contributed by atoms with Gasteiger partial charge in [0.15, 0.2) is 0 Å². The average molecular weight is 308 g/mol. The molecule has 0 spiro atoms. The van der Waals surface area contributed by atoms with Crippen molar-refractivity contribution in [2.75, 3.05) is 6.61 Å². The van der Waals surface area contributed by atoms with Crippen LogP contribution >= 0.6 is 0 Å². The van der Waals surface area contributed by atoms with Gasteiger partial charge in [-0.25, -0.2) is 4.79 Å². The Hall–Kier alpha value is -1.00. The van der Waals surface area contributed by atoms with Gasteiger partial charge in [-0.1, -0.05) is 57.6 Å². The summed E-state index contributed by atoms with van der Waals surface area (Å²) in [5, 5.41) is 0. The van der Waals surface area contributed by atoms with E-state index in [2.05, 4.69) is 23.8 Å². The van der Waals surface area contributed by atoms with Crippen molar-refractivity contribution < 1.29 is 22.7 Å². The van der Waals surface area contributed by atoms with Crippen LogP contribution in [0.4, 0.5) is 13.2 Å². The Morgan fingerprint density at radius 1 is 0.905 bits per heavy atom. The Kier molecular flexibility index (Phi) is 12.1. The van der Waals surface area contributed by atoms with E-state index in [9.17, 15) is 18.0 Å². The molecule has 0 radical (unpaired) electrons. The Balaban J connectivity index is 3.23. The van der Waals surface area contributed by atoms with Gasteiger partial charge >= 0.3 is 12.1 Å². The van der Waals surface area contributed by atoms with Crippen LogP contribution in [0.2, 0.25) is 0 Å². The highest BCUT2D eigenvalue weighted by atomic mass is 19.4. The summed E-state index contributed by atoms with van der Waals surface area (Å²) < 4.78 is 39.6. The number of carbonyl (C=O) groups is 1. The van der Waals surface area contributed by atoms with Crippen LogP contribution in [0.1, 0.15) is 71.1 Å². The topological polar surface area (TPSA) is 26.3 Å². The fourth-order valence-corrected chi connectivity index (χ4v) is 1.88. The SMILES string of the molecule is CCCC/C=C\CCCCCCCCOC(=O)C(F)(F)F. The van der Waals surface area contributed by atoms with Gasteiger partial charge < -0.3 is 4.74 Å². The number of unbranched alkanes of at least 4 members (excludes halogenated alkanes) is 8. The summed E-state index contributed by atoms with van der Waals surface area (Å²) in [6.07, 6.45) is 9.98. The van der Waals surface area contributed by atoms with Gasteiger partial charge in [-0.3, -0.25) is 0 Å². The van der Waals surface area contributed by atoms with Crippen molar-refractivity contribution in [1.82, 2.24) is 0 Å². The molecule has 0 atom stereocenters. The molecule has 124 valence electrons. The smallest absolute Gasteiger partial charge is 0.459 e. The first-order chi connectivity index (χ1) is 9.98. The molecule has 0 aromatic rings. The molecule has 0 aliphatic carbocycles. The van der Waals surface area contributed by atoms with Gasteiger partial charge in [0.2, 0.25) is 0 Å². The van der Waals surface area contributed by atoms with E-state index in [0.717, 1.165) is 44.9 Å².